The number of benzene rings is 1. The predicted octanol–water partition coefficient (Wildman–Crippen LogP) is 2.42. The Hall–Kier alpha value is -1.79. The first-order valence-electron chi connectivity index (χ1n) is 6.83. The van der Waals surface area contributed by atoms with Crippen molar-refractivity contribution in [2.24, 2.45) is 5.73 Å². The van der Waals surface area contributed by atoms with E-state index >= 15 is 0 Å². The Morgan fingerprint density at radius 2 is 2.10 bits per heavy atom. The number of anilines is 1. The fourth-order valence-electron chi connectivity index (χ4n) is 1.80. The average molecular weight is 296 g/mol. The molecular weight excluding hydrogens is 272 g/mol. The SMILES string of the molecule is COc1cc(NC(=O)OC(C)(C)C)ccc1C(O)CCN. The van der Waals surface area contributed by atoms with Crippen molar-refractivity contribution in [3.8, 4) is 5.75 Å². The lowest BCUT2D eigenvalue weighted by atomic mass is 10.0. The molecule has 1 atom stereocenters. The van der Waals surface area contributed by atoms with Crippen LogP contribution in [0.25, 0.3) is 0 Å². The highest BCUT2D eigenvalue weighted by molar-refractivity contribution is 5.85. The molecule has 6 heteroatoms. The van der Waals surface area contributed by atoms with Crippen molar-refractivity contribution < 1.29 is 19.4 Å². The molecule has 1 aromatic rings. The second-order valence-corrected chi connectivity index (χ2v) is 5.68. The number of carbonyl (C=O) groups excluding carboxylic acids is 1. The number of nitrogens with two attached hydrogens (primary N) is 1. The molecule has 0 heterocycles. The molecule has 0 aromatic heterocycles. The first-order valence-corrected chi connectivity index (χ1v) is 6.83. The average Bonchev–Trinajstić information content (AvgIpc) is 2.36. The highest BCUT2D eigenvalue weighted by Crippen LogP contribution is 2.30. The molecule has 0 saturated carbocycles. The molecule has 1 rings (SSSR count). The Morgan fingerprint density at radius 3 is 2.62 bits per heavy atom. The van der Waals surface area contributed by atoms with E-state index in [0.717, 1.165) is 0 Å². The molecule has 1 aromatic carbocycles. The number of methoxy groups -OCH3 is 1. The molecule has 0 aliphatic heterocycles. The highest BCUT2D eigenvalue weighted by Gasteiger charge is 2.18. The number of nitrogens with one attached hydrogen (secondary N) is 1. The van der Waals surface area contributed by atoms with E-state index in [4.69, 9.17) is 15.2 Å². The number of ether oxygens (including phenoxy) is 2. The van der Waals surface area contributed by atoms with Crippen LogP contribution in [0.3, 0.4) is 0 Å². The van der Waals surface area contributed by atoms with Gasteiger partial charge in [-0.15, -0.1) is 0 Å². The molecule has 0 bridgehead atoms. The maximum Gasteiger partial charge on any atom is 0.412 e. The number of carbonyl (C=O) groups is 1. The topological polar surface area (TPSA) is 93.8 Å². The van der Waals surface area contributed by atoms with Crippen LogP contribution in [-0.2, 0) is 4.74 Å². The molecule has 6 nitrogen and oxygen atoms in total. The van der Waals surface area contributed by atoms with Crippen molar-refractivity contribution >= 4 is 11.8 Å². The summed E-state index contributed by atoms with van der Waals surface area (Å²) in [6, 6.07) is 5.02. The van der Waals surface area contributed by atoms with Crippen molar-refractivity contribution in [3.63, 3.8) is 0 Å². The molecule has 0 spiro atoms. The van der Waals surface area contributed by atoms with Crippen LogP contribution in [0.15, 0.2) is 18.2 Å². The Balaban J connectivity index is 2.85. The van der Waals surface area contributed by atoms with E-state index in [1.165, 1.54) is 7.11 Å². The third-order valence-corrected chi connectivity index (χ3v) is 2.68. The summed E-state index contributed by atoms with van der Waals surface area (Å²) in [5.74, 6) is 0.490. The molecule has 0 aliphatic rings. The molecule has 1 amide bonds. The van der Waals surface area contributed by atoms with E-state index in [1.807, 2.05) is 0 Å². The summed E-state index contributed by atoms with van der Waals surface area (Å²) >= 11 is 0. The smallest absolute Gasteiger partial charge is 0.412 e. The quantitative estimate of drug-likeness (QED) is 0.776. The van der Waals surface area contributed by atoms with Crippen LogP contribution >= 0.6 is 0 Å². The minimum absolute atomic E-state index is 0.377. The van der Waals surface area contributed by atoms with Gasteiger partial charge in [-0.25, -0.2) is 4.79 Å². The molecule has 1 unspecified atom stereocenters. The zero-order valence-electron chi connectivity index (χ0n) is 13.0. The molecule has 0 radical (unpaired) electrons. The van der Waals surface area contributed by atoms with Crippen molar-refractivity contribution in [1.29, 1.82) is 0 Å². The van der Waals surface area contributed by atoms with Crippen LogP contribution in [-0.4, -0.2) is 30.5 Å². The second-order valence-electron chi connectivity index (χ2n) is 5.68. The summed E-state index contributed by atoms with van der Waals surface area (Å²) in [5.41, 5.74) is 6.04. The lowest BCUT2D eigenvalue weighted by Gasteiger charge is -2.20. The summed E-state index contributed by atoms with van der Waals surface area (Å²) in [4.78, 5) is 11.7. The van der Waals surface area contributed by atoms with Gasteiger partial charge in [0.05, 0.1) is 13.2 Å². The largest absolute Gasteiger partial charge is 0.496 e. The van der Waals surface area contributed by atoms with Gasteiger partial charge in [0.15, 0.2) is 0 Å². The van der Waals surface area contributed by atoms with Crippen LogP contribution < -0.4 is 15.8 Å². The van der Waals surface area contributed by atoms with Gasteiger partial charge in [0.1, 0.15) is 11.4 Å². The molecule has 0 aliphatic carbocycles. The van der Waals surface area contributed by atoms with E-state index in [0.29, 0.717) is 30.0 Å². The maximum atomic E-state index is 11.7. The Morgan fingerprint density at radius 1 is 1.43 bits per heavy atom. The van der Waals surface area contributed by atoms with Crippen LogP contribution in [0.2, 0.25) is 0 Å². The molecule has 4 N–H and O–H groups in total. The van der Waals surface area contributed by atoms with Gasteiger partial charge in [-0.3, -0.25) is 5.32 Å². The van der Waals surface area contributed by atoms with Crippen molar-refractivity contribution in [2.75, 3.05) is 19.0 Å². The highest BCUT2D eigenvalue weighted by atomic mass is 16.6. The van der Waals surface area contributed by atoms with Gasteiger partial charge in [0.25, 0.3) is 0 Å². The van der Waals surface area contributed by atoms with E-state index < -0.39 is 17.8 Å². The first kappa shape index (κ1) is 17.3. The number of aliphatic hydroxyl groups excluding tert-OH is 1. The monoisotopic (exact) mass is 296 g/mol. The lowest BCUT2D eigenvalue weighted by molar-refractivity contribution is 0.0636. The zero-order valence-corrected chi connectivity index (χ0v) is 13.0. The molecule has 0 saturated heterocycles. The number of hydrogen-bond acceptors (Lipinski definition) is 5. The predicted molar refractivity (Wildman–Crippen MR) is 81.5 cm³/mol. The van der Waals surface area contributed by atoms with Crippen molar-refractivity contribution in [1.82, 2.24) is 0 Å². The number of hydrogen-bond donors (Lipinski definition) is 3. The first-order chi connectivity index (χ1) is 9.76. The second kappa shape index (κ2) is 7.28. The Kier molecular flexibility index (Phi) is 5.99. The van der Waals surface area contributed by atoms with E-state index in [2.05, 4.69) is 5.32 Å². The zero-order chi connectivity index (χ0) is 16.0. The summed E-state index contributed by atoms with van der Waals surface area (Å²) in [6.07, 6.45) is -0.796. The third-order valence-electron chi connectivity index (χ3n) is 2.68. The van der Waals surface area contributed by atoms with Gasteiger partial charge in [-0.1, -0.05) is 6.07 Å². The molecule has 0 fully saturated rings. The van der Waals surface area contributed by atoms with E-state index in [-0.39, 0.29) is 0 Å². The Labute approximate surface area is 125 Å². The fraction of sp³-hybridized carbons (Fsp3) is 0.533. The summed E-state index contributed by atoms with van der Waals surface area (Å²) in [6.45, 7) is 5.75. The Bertz CT molecular complexity index is 483. The maximum absolute atomic E-state index is 11.7. The molecular formula is C15H24N2O4. The van der Waals surface area contributed by atoms with E-state index in [1.54, 1.807) is 39.0 Å². The van der Waals surface area contributed by atoms with E-state index in [9.17, 15) is 9.90 Å². The number of aliphatic hydroxyl groups is 1. The fourth-order valence-corrected chi connectivity index (χ4v) is 1.80. The van der Waals surface area contributed by atoms with Crippen LogP contribution in [0, 0.1) is 0 Å². The van der Waals surface area contributed by atoms with Gasteiger partial charge in [-0.2, -0.15) is 0 Å². The van der Waals surface area contributed by atoms with Gasteiger partial charge in [0.2, 0.25) is 0 Å². The van der Waals surface area contributed by atoms with Gasteiger partial charge >= 0.3 is 6.09 Å². The minimum atomic E-state index is -0.694. The number of rotatable bonds is 5. The number of amides is 1. The van der Waals surface area contributed by atoms with Crippen LogP contribution in [0.1, 0.15) is 38.9 Å². The van der Waals surface area contributed by atoms with Crippen LogP contribution in [0.4, 0.5) is 10.5 Å². The third kappa shape index (κ3) is 5.61. The van der Waals surface area contributed by atoms with Crippen molar-refractivity contribution in [2.45, 2.75) is 38.9 Å². The normalized spacial score (nSPS) is 12.7. The summed E-state index contributed by atoms with van der Waals surface area (Å²) < 4.78 is 10.4. The van der Waals surface area contributed by atoms with Crippen molar-refractivity contribution in [3.05, 3.63) is 23.8 Å². The standard InChI is InChI=1S/C15H24N2O4/c1-15(2,3)21-14(19)17-10-5-6-11(12(18)7-8-16)13(9-10)20-4/h5-6,9,12,18H,7-8,16H2,1-4H3,(H,17,19). The molecule has 118 valence electrons. The summed E-state index contributed by atoms with van der Waals surface area (Å²) in [7, 11) is 1.51. The van der Waals surface area contributed by atoms with Crippen LogP contribution in [0.5, 0.6) is 5.75 Å². The molecule has 21 heavy (non-hydrogen) atoms. The van der Waals surface area contributed by atoms with Gasteiger partial charge < -0.3 is 20.3 Å². The van der Waals surface area contributed by atoms with Gasteiger partial charge in [-0.05, 0) is 39.8 Å². The van der Waals surface area contributed by atoms with Gasteiger partial charge in [0, 0.05) is 17.3 Å². The lowest BCUT2D eigenvalue weighted by Crippen LogP contribution is -2.27. The summed E-state index contributed by atoms with van der Waals surface area (Å²) in [5, 5.41) is 12.6. The minimum Gasteiger partial charge on any atom is -0.496 e.